The van der Waals surface area contributed by atoms with Crippen LogP contribution < -0.4 is 10.1 Å². The first kappa shape index (κ1) is 22.1. The average Bonchev–Trinajstić information content (AvgIpc) is 3.04. The number of likely N-dealkylation sites (N-methyl/N-ethyl adjacent to an activating group) is 1. The number of hydrogen-bond donors (Lipinski definition) is 1. The highest BCUT2D eigenvalue weighted by Crippen LogP contribution is 2.29. The monoisotopic (exact) mass is 429 g/mol. The smallest absolute Gasteiger partial charge is 0.255 e. The topological polar surface area (TPSA) is 44.8 Å². The van der Waals surface area contributed by atoms with Crippen molar-refractivity contribution in [3.8, 4) is 16.9 Å². The van der Waals surface area contributed by atoms with Crippen molar-refractivity contribution in [3.63, 3.8) is 0 Å². The molecule has 0 unspecified atom stereocenters. The molecule has 3 aromatic rings. The van der Waals surface area contributed by atoms with Crippen LogP contribution in [0.15, 0.2) is 72.8 Å². The number of nitrogens with zero attached hydrogens (tertiary/aromatic N) is 2. The maximum Gasteiger partial charge on any atom is 0.255 e. The molecule has 3 aromatic carbocycles. The lowest BCUT2D eigenvalue weighted by molar-refractivity contribution is 0.102. The highest BCUT2D eigenvalue weighted by atomic mass is 16.5. The van der Waals surface area contributed by atoms with Gasteiger partial charge in [0.1, 0.15) is 5.75 Å². The number of benzene rings is 3. The summed E-state index contributed by atoms with van der Waals surface area (Å²) < 4.78 is 5.65. The molecule has 1 heterocycles. The minimum absolute atomic E-state index is 0.104. The number of anilines is 1. The molecule has 32 heavy (non-hydrogen) atoms. The van der Waals surface area contributed by atoms with Gasteiger partial charge in [-0.25, -0.2) is 0 Å². The van der Waals surface area contributed by atoms with Crippen LogP contribution in [0.1, 0.15) is 22.3 Å². The van der Waals surface area contributed by atoms with Crippen LogP contribution >= 0.6 is 0 Å². The number of carbonyl (C=O) groups is 1. The Kier molecular flexibility index (Phi) is 7.20. The van der Waals surface area contributed by atoms with Crippen LogP contribution in [0.5, 0.6) is 5.75 Å². The normalized spacial score (nSPS) is 15.2. The lowest BCUT2D eigenvalue weighted by Gasteiger charge is -2.22. The summed E-state index contributed by atoms with van der Waals surface area (Å²) in [6, 6.07) is 23.6. The molecule has 1 N–H and O–H groups in total. The van der Waals surface area contributed by atoms with Crippen LogP contribution in [-0.2, 0) is 6.54 Å². The lowest BCUT2D eigenvalue weighted by Crippen LogP contribution is -2.28. The Bertz CT molecular complexity index is 1030. The number of methoxy groups -OCH3 is 1. The van der Waals surface area contributed by atoms with Gasteiger partial charge in [0.25, 0.3) is 5.91 Å². The van der Waals surface area contributed by atoms with E-state index in [1.165, 1.54) is 12.0 Å². The second-order valence-electron chi connectivity index (χ2n) is 8.36. The Morgan fingerprint density at radius 1 is 0.906 bits per heavy atom. The molecule has 0 bridgehead atoms. The highest BCUT2D eigenvalue weighted by Gasteiger charge is 2.15. The number of carbonyl (C=O) groups excluding carboxylic acids is 1. The molecule has 0 radical (unpaired) electrons. The molecule has 0 atom stereocenters. The average molecular weight is 430 g/mol. The predicted octanol–water partition coefficient (Wildman–Crippen LogP) is 4.75. The van der Waals surface area contributed by atoms with Gasteiger partial charge < -0.3 is 15.0 Å². The number of amides is 1. The van der Waals surface area contributed by atoms with E-state index in [1.807, 2.05) is 54.6 Å². The first-order chi connectivity index (χ1) is 15.6. The Labute approximate surface area is 190 Å². The van der Waals surface area contributed by atoms with Gasteiger partial charge in [-0.05, 0) is 74.1 Å². The Morgan fingerprint density at radius 3 is 2.41 bits per heavy atom. The summed E-state index contributed by atoms with van der Waals surface area (Å²) >= 11 is 0. The molecule has 1 amide bonds. The summed E-state index contributed by atoms with van der Waals surface area (Å²) in [5.41, 5.74) is 4.90. The molecule has 1 aliphatic heterocycles. The van der Waals surface area contributed by atoms with E-state index >= 15 is 0 Å². The molecule has 0 spiro atoms. The van der Waals surface area contributed by atoms with Gasteiger partial charge in [-0.2, -0.15) is 0 Å². The fourth-order valence-corrected chi connectivity index (χ4v) is 4.12. The second-order valence-corrected chi connectivity index (χ2v) is 8.36. The fraction of sp³-hybridized carbons (Fsp3) is 0.296. The van der Waals surface area contributed by atoms with E-state index in [2.05, 4.69) is 40.4 Å². The quantitative estimate of drug-likeness (QED) is 0.614. The zero-order valence-electron chi connectivity index (χ0n) is 18.9. The van der Waals surface area contributed by atoms with E-state index in [4.69, 9.17) is 4.74 Å². The zero-order chi connectivity index (χ0) is 22.3. The van der Waals surface area contributed by atoms with Gasteiger partial charge in [-0.1, -0.05) is 36.4 Å². The lowest BCUT2D eigenvalue weighted by atomic mass is 10.0. The number of ether oxygens (including phenoxy) is 1. The third-order valence-corrected chi connectivity index (χ3v) is 6.00. The van der Waals surface area contributed by atoms with Crippen LogP contribution in [0.25, 0.3) is 11.1 Å². The second kappa shape index (κ2) is 10.4. The summed E-state index contributed by atoms with van der Waals surface area (Å²) in [7, 11) is 3.93. The van der Waals surface area contributed by atoms with Crippen LogP contribution in [0, 0.1) is 0 Å². The van der Waals surface area contributed by atoms with Gasteiger partial charge in [0.15, 0.2) is 0 Å². The van der Waals surface area contributed by atoms with E-state index in [1.54, 1.807) is 7.11 Å². The standard InChI is InChI=1S/C27H31N3O2/c1-29-15-6-16-30(18-17-29)20-24-19-23(11-14-26(24)32-2)21-9-12-25(13-10-21)28-27(31)22-7-4-3-5-8-22/h3-5,7-14,19H,6,15-18,20H2,1-2H3,(H,28,31). The minimum Gasteiger partial charge on any atom is -0.496 e. The Morgan fingerprint density at radius 2 is 1.66 bits per heavy atom. The van der Waals surface area contributed by atoms with Gasteiger partial charge in [0.05, 0.1) is 7.11 Å². The van der Waals surface area contributed by atoms with Gasteiger partial charge in [0.2, 0.25) is 0 Å². The van der Waals surface area contributed by atoms with Crippen molar-refractivity contribution in [2.75, 3.05) is 45.7 Å². The predicted molar refractivity (Wildman–Crippen MR) is 130 cm³/mol. The Hall–Kier alpha value is -3.15. The first-order valence-corrected chi connectivity index (χ1v) is 11.2. The van der Waals surface area contributed by atoms with Crippen LogP contribution in [-0.4, -0.2) is 56.0 Å². The molecule has 1 fully saturated rings. The van der Waals surface area contributed by atoms with Gasteiger partial charge >= 0.3 is 0 Å². The molecular formula is C27H31N3O2. The Balaban J connectivity index is 1.48. The molecule has 0 saturated carbocycles. The van der Waals surface area contributed by atoms with Crippen LogP contribution in [0.2, 0.25) is 0 Å². The van der Waals surface area contributed by atoms with Crippen molar-refractivity contribution in [1.29, 1.82) is 0 Å². The largest absolute Gasteiger partial charge is 0.496 e. The third kappa shape index (κ3) is 5.55. The number of rotatable bonds is 6. The summed E-state index contributed by atoms with van der Waals surface area (Å²) in [5.74, 6) is 0.825. The van der Waals surface area contributed by atoms with Crippen molar-refractivity contribution < 1.29 is 9.53 Å². The van der Waals surface area contributed by atoms with Gasteiger partial charge in [-0.3, -0.25) is 9.69 Å². The SMILES string of the molecule is COc1ccc(-c2ccc(NC(=O)c3ccccc3)cc2)cc1CN1CCCN(C)CC1. The fourth-order valence-electron chi connectivity index (χ4n) is 4.12. The van der Waals surface area contributed by atoms with E-state index in [0.29, 0.717) is 5.56 Å². The van der Waals surface area contributed by atoms with E-state index < -0.39 is 0 Å². The number of hydrogen-bond acceptors (Lipinski definition) is 4. The summed E-state index contributed by atoms with van der Waals surface area (Å²) in [5, 5.41) is 2.96. The molecule has 5 nitrogen and oxygen atoms in total. The minimum atomic E-state index is -0.104. The van der Waals surface area contributed by atoms with E-state index in [9.17, 15) is 4.79 Å². The highest BCUT2D eigenvalue weighted by molar-refractivity contribution is 6.04. The van der Waals surface area contributed by atoms with Crippen molar-refractivity contribution in [1.82, 2.24) is 9.80 Å². The molecule has 4 rings (SSSR count). The van der Waals surface area contributed by atoms with E-state index in [0.717, 1.165) is 55.3 Å². The van der Waals surface area contributed by atoms with E-state index in [-0.39, 0.29) is 5.91 Å². The maximum atomic E-state index is 12.4. The maximum absolute atomic E-state index is 12.4. The third-order valence-electron chi connectivity index (χ3n) is 6.00. The summed E-state index contributed by atoms with van der Waals surface area (Å²) in [6.45, 7) is 5.31. The summed E-state index contributed by atoms with van der Waals surface area (Å²) in [6.07, 6.45) is 1.19. The van der Waals surface area contributed by atoms with Crippen LogP contribution in [0.4, 0.5) is 5.69 Å². The number of nitrogens with one attached hydrogen (secondary N) is 1. The molecular weight excluding hydrogens is 398 g/mol. The first-order valence-electron chi connectivity index (χ1n) is 11.2. The van der Waals surface area contributed by atoms with Gasteiger partial charge in [0, 0.05) is 36.4 Å². The molecule has 0 aromatic heterocycles. The zero-order valence-corrected chi connectivity index (χ0v) is 18.9. The van der Waals surface area contributed by atoms with Crippen LogP contribution in [0.3, 0.4) is 0 Å². The molecule has 1 saturated heterocycles. The van der Waals surface area contributed by atoms with Crippen molar-refractivity contribution >= 4 is 11.6 Å². The van der Waals surface area contributed by atoms with Crippen molar-refractivity contribution in [2.45, 2.75) is 13.0 Å². The van der Waals surface area contributed by atoms with Crippen molar-refractivity contribution in [3.05, 3.63) is 83.9 Å². The van der Waals surface area contributed by atoms with Gasteiger partial charge in [-0.15, -0.1) is 0 Å². The molecule has 5 heteroatoms. The molecule has 166 valence electrons. The molecule has 0 aliphatic carbocycles. The summed E-state index contributed by atoms with van der Waals surface area (Å²) in [4.78, 5) is 17.3. The van der Waals surface area contributed by atoms with Crippen molar-refractivity contribution in [2.24, 2.45) is 0 Å². The molecule has 1 aliphatic rings.